The Morgan fingerprint density at radius 2 is 1.30 bits per heavy atom. The summed E-state index contributed by atoms with van der Waals surface area (Å²) in [7, 11) is 6.16. The van der Waals surface area contributed by atoms with E-state index in [4.69, 9.17) is 5.11 Å². The van der Waals surface area contributed by atoms with E-state index in [9.17, 15) is 0 Å². The van der Waals surface area contributed by atoms with Crippen molar-refractivity contribution in [2.75, 3.05) is 34.3 Å². The number of halogens is 3. The van der Waals surface area contributed by atoms with E-state index in [1.165, 1.54) is 0 Å². The first kappa shape index (κ1) is 22.4. The Morgan fingerprint density at radius 1 is 1.00 bits per heavy atom. The van der Waals surface area contributed by atoms with E-state index in [0.29, 0.717) is 0 Å². The number of rotatable bonds is 2. The van der Waals surface area contributed by atoms with Gasteiger partial charge in [-0.1, -0.05) is 0 Å². The Balaban J connectivity index is -0.0000000600. The van der Waals surface area contributed by atoms with E-state index in [2.05, 4.69) is 21.1 Å². The summed E-state index contributed by atoms with van der Waals surface area (Å²) in [6.07, 6.45) is 0. The van der Waals surface area contributed by atoms with Gasteiger partial charge < -0.3 is 9.59 Å². The third-order valence-corrected chi connectivity index (χ3v) is 0.771. The van der Waals surface area contributed by atoms with Gasteiger partial charge in [-0.25, -0.2) is 0 Å². The zero-order valence-corrected chi connectivity index (χ0v) is 8.98. The molecule has 0 radical (unpaired) electrons. The lowest BCUT2D eigenvalue weighted by Gasteiger charge is -2.21. The van der Waals surface area contributed by atoms with Gasteiger partial charge in [0.25, 0.3) is 0 Å². The molecular weight excluding hydrogens is 196 g/mol. The Kier molecular flexibility index (Phi) is 22.0. The van der Waals surface area contributed by atoms with Crippen LogP contribution in [0.3, 0.4) is 0 Å². The molecule has 0 atom stereocenters. The third-order valence-electron chi connectivity index (χ3n) is 0.771. The van der Waals surface area contributed by atoms with Crippen LogP contribution in [-0.4, -0.2) is 43.9 Å². The van der Waals surface area contributed by atoms with Crippen molar-refractivity contribution in [1.29, 1.82) is 0 Å². The normalized spacial score (nSPS) is 8.40. The zero-order chi connectivity index (χ0) is 5.91. The van der Waals surface area contributed by atoms with Crippen LogP contribution in [0.15, 0.2) is 0 Å². The minimum atomic E-state index is 0. The molecule has 2 nitrogen and oxygen atoms in total. The molecule has 0 aromatic heterocycles. The molecule has 0 amide bonds. The Labute approximate surface area is 81.4 Å². The summed E-state index contributed by atoms with van der Waals surface area (Å²) < 4.78 is 0.844. The second-order valence-corrected chi connectivity index (χ2v) is 2.74. The molecule has 0 saturated heterocycles. The summed E-state index contributed by atoms with van der Waals surface area (Å²) in [4.78, 5) is 0. The number of aliphatic hydroxyl groups excluding tert-OH is 1. The van der Waals surface area contributed by atoms with Crippen molar-refractivity contribution in [3.63, 3.8) is 0 Å². The van der Waals surface area contributed by atoms with Crippen LogP contribution < -0.4 is 0 Å². The van der Waals surface area contributed by atoms with Gasteiger partial charge in [0, 0.05) is 0 Å². The van der Waals surface area contributed by atoms with Gasteiger partial charge in [0.05, 0.1) is 27.7 Å². The fourth-order valence-electron chi connectivity index (χ4n) is 0.300. The number of likely N-dealkylation sites (N-methyl/N-ethyl adjacent to an activating group) is 1. The van der Waals surface area contributed by atoms with Crippen LogP contribution in [0.5, 0.6) is 0 Å². The van der Waals surface area contributed by atoms with Crippen LogP contribution in [-0.2, 0) is 0 Å². The highest BCUT2D eigenvalue weighted by atomic mass is 35.5. The molecule has 0 aromatic rings. The van der Waals surface area contributed by atoms with Crippen molar-refractivity contribution in [3.05, 3.63) is 0 Å². The topological polar surface area (TPSA) is 20.2 Å². The largest absolute Gasteiger partial charge is 0.391 e. The van der Waals surface area contributed by atoms with E-state index in [1.54, 1.807) is 0 Å². The van der Waals surface area contributed by atoms with Gasteiger partial charge in [0.15, 0.2) is 0 Å². The van der Waals surface area contributed by atoms with E-state index in [-0.39, 0.29) is 43.8 Å². The molecule has 0 bridgehead atoms. The highest BCUT2D eigenvalue weighted by molar-refractivity contribution is 5.86. The average molecular weight is 214 g/mol. The minimum absolute atomic E-state index is 0. The molecule has 0 heterocycles. The average Bonchev–Trinajstić information content (AvgIpc) is 1.30. The lowest BCUT2D eigenvalue weighted by Crippen LogP contribution is -2.36. The van der Waals surface area contributed by atoms with Crippen molar-refractivity contribution in [1.82, 2.24) is 0 Å². The van der Waals surface area contributed by atoms with E-state index < -0.39 is 0 Å². The second-order valence-electron chi connectivity index (χ2n) is 2.74. The molecule has 5 heteroatoms. The number of aliphatic hydroxyl groups is 1. The molecule has 0 fully saturated rings. The number of hydrogen-bond donors (Lipinski definition) is 1. The van der Waals surface area contributed by atoms with Crippen LogP contribution in [0, 0.1) is 0 Å². The van der Waals surface area contributed by atoms with Crippen LogP contribution >= 0.6 is 37.2 Å². The second kappa shape index (κ2) is 9.79. The summed E-state index contributed by atoms with van der Waals surface area (Å²) in [6.45, 7) is 1.11. The molecule has 0 spiro atoms. The Bertz CT molecular complexity index is 55.3. The lowest BCUT2D eigenvalue weighted by molar-refractivity contribution is -0.870. The van der Waals surface area contributed by atoms with E-state index >= 15 is 0 Å². The van der Waals surface area contributed by atoms with Gasteiger partial charge in [0.2, 0.25) is 0 Å². The van der Waals surface area contributed by atoms with Gasteiger partial charge in [-0.15, -0.1) is 37.2 Å². The van der Waals surface area contributed by atoms with Crippen molar-refractivity contribution in [3.8, 4) is 0 Å². The first-order valence-corrected chi connectivity index (χ1v) is 2.47. The summed E-state index contributed by atoms with van der Waals surface area (Å²) >= 11 is 0. The fraction of sp³-hybridized carbons (Fsp3) is 1.00. The zero-order valence-electron chi connectivity index (χ0n) is 6.53. The van der Waals surface area contributed by atoms with Crippen LogP contribution in [0.4, 0.5) is 0 Å². The van der Waals surface area contributed by atoms with Crippen LogP contribution in [0.2, 0.25) is 0 Å². The maximum atomic E-state index is 8.39. The molecule has 0 saturated carbocycles. The van der Waals surface area contributed by atoms with Gasteiger partial charge in [-0.05, 0) is 0 Å². The van der Waals surface area contributed by atoms with Crippen molar-refractivity contribution in [2.45, 2.75) is 0 Å². The van der Waals surface area contributed by atoms with Crippen LogP contribution in [0.25, 0.3) is 0 Å². The SMILES string of the molecule is C[N+](C)(C)CCO.Cl.Cl.Cl. The van der Waals surface area contributed by atoms with Crippen molar-refractivity contribution in [2.24, 2.45) is 0 Å². The molecule has 0 aliphatic carbocycles. The number of hydrogen-bond acceptors (Lipinski definition) is 1. The molecule has 68 valence electrons. The van der Waals surface area contributed by atoms with Crippen LogP contribution in [0.1, 0.15) is 0 Å². The first-order chi connectivity index (χ1) is 3.06. The van der Waals surface area contributed by atoms with E-state index in [1.807, 2.05) is 0 Å². The minimum Gasteiger partial charge on any atom is -0.391 e. The Morgan fingerprint density at radius 3 is 1.30 bits per heavy atom. The quantitative estimate of drug-likeness (QED) is 0.678. The molecule has 1 N–H and O–H groups in total. The monoisotopic (exact) mass is 212 g/mol. The summed E-state index contributed by atoms with van der Waals surface area (Å²) in [5.74, 6) is 0. The smallest absolute Gasteiger partial charge is 0.101 e. The van der Waals surface area contributed by atoms with Crippen molar-refractivity contribution < 1.29 is 9.59 Å². The Hall–Kier alpha value is 0.790. The number of quaternary nitrogens is 1. The number of nitrogens with zero attached hydrogens (tertiary/aromatic N) is 1. The molecule has 0 aliphatic rings. The fourth-order valence-corrected chi connectivity index (χ4v) is 0.300. The molecule has 0 aromatic carbocycles. The first-order valence-electron chi connectivity index (χ1n) is 2.47. The predicted octanol–water partition coefficient (Wildman–Crippen LogP) is 0.950. The molecule has 0 rings (SSSR count). The third kappa shape index (κ3) is 23.2. The highest BCUT2D eigenvalue weighted by Crippen LogP contribution is 1.84. The van der Waals surface area contributed by atoms with Gasteiger partial charge in [-0.3, -0.25) is 0 Å². The van der Waals surface area contributed by atoms with E-state index in [0.717, 1.165) is 11.0 Å². The maximum absolute atomic E-state index is 8.39. The summed E-state index contributed by atoms with van der Waals surface area (Å²) in [5, 5.41) is 8.39. The van der Waals surface area contributed by atoms with Crippen molar-refractivity contribution >= 4 is 37.2 Å². The molecule has 0 unspecified atom stereocenters. The standard InChI is InChI=1S/C5H14NO.3ClH/c1-6(2,3)4-5-7;;;/h7H,4-5H2,1-3H3;3*1H/q+1;;;. The molecular formula is C5H17Cl3NO+. The molecule has 10 heavy (non-hydrogen) atoms. The molecule has 0 aliphatic heterocycles. The lowest BCUT2D eigenvalue weighted by atomic mass is 10.5. The summed E-state index contributed by atoms with van der Waals surface area (Å²) in [5.41, 5.74) is 0. The van der Waals surface area contributed by atoms with Gasteiger partial charge >= 0.3 is 0 Å². The highest BCUT2D eigenvalue weighted by Gasteiger charge is 2.02. The summed E-state index contributed by atoms with van der Waals surface area (Å²) in [6, 6.07) is 0. The van der Waals surface area contributed by atoms with Gasteiger partial charge in [-0.2, -0.15) is 0 Å². The maximum Gasteiger partial charge on any atom is 0.101 e. The van der Waals surface area contributed by atoms with Gasteiger partial charge in [0.1, 0.15) is 6.54 Å². The predicted molar refractivity (Wildman–Crippen MR) is 51.7 cm³/mol.